The standard InChI is InChI=1S/C23H24FN9O/c1-13-15(10-25)6-5-7-17(13)22-27-20(19(24)21(26)28-22)18-12-32(31-29-18)11-16-8-9-33(30-16)14(2)23(3,4)34/h5-9,12,14,34H,11H2,1-4H3,(H2,26,27,28). The number of rotatable bonds is 6. The maximum atomic E-state index is 14.9. The number of benzene rings is 1. The molecule has 0 fully saturated rings. The van der Waals surface area contributed by atoms with E-state index >= 15 is 0 Å². The van der Waals surface area contributed by atoms with Crippen molar-refractivity contribution in [3.05, 3.63) is 59.3 Å². The third-order valence-corrected chi connectivity index (χ3v) is 5.76. The molecule has 174 valence electrons. The van der Waals surface area contributed by atoms with Crippen molar-refractivity contribution in [3.8, 4) is 28.8 Å². The Bertz CT molecular complexity index is 1390. The fraction of sp³-hybridized carbons (Fsp3) is 0.304. The van der Waals surface area contributed by atoms with Crippen LogP contribution in [0.1, 0.15) is 43.6 Å². The second-order valence-corrected chi connectivity index (χ2v) is 8.60. The van der Waals surface area contributed by atoms with Crippen molar-refractivity contribution < 1.29 is 9.50 Å². The lowest BCUT2D eigenvalue weighted by molar-refractivity contribution is 0.0256. The average molecular weight is 462 g/mol. The van der Waals surface area contributed by atoms with Gasteiger partial charge in [-0.3, -0.25) is 4.68 Å². The lowest BCUT2D eigenvalue weighted by Gasteiger charge is -2.25. The molecule has 0 radical (unpaired) electrons. The van der Waals surface area contributed by atoms with E-state index in [1.807, 2.05) is 13.0 Å². The van der Waals surface area contributed by atoms with E-state index in [4.69, 9.17) is 5.73 Å². The molecule has 11 heteroatoms. The van der Waals surface area contributed by atoms with Crippen LogP contribution < -0.4 is 5.73 Å². The molecule has 1 unspecified atom stereocenters. The predicted octanol–water partition coefficient (Wildman–Crippen LogP) is 2.88. The Hall–Kier alpha value is -4.17. The molecule has 4 rings (SSSR count). The Morgan fingerprint density at radius 3 is 2.74 bits per heavy atom. The minimum Gasteiger partial charge on any atom is -0.388 e. The molecule has 1 atom stereocenters. The summed E-state index contributed by atoms with van der Waals surface area (Å²) in [6.07, 6.45) is 3.33. The first-order valence-corrected chi connectivity index (χ1v) is 10.6. The molecule has 0 amide bonds. The molecule has 0 saturated heterocycles. The van der Waals surface area contributed by atoms with Crippen LogP contribution in [0, 0.1) is 24.1 Å². The number of aromatic nitrogens is 7. The maximum absolute atomic E-state index is 14.9. The SMILES string of the molecule is Cc1c(C#N)cccc1-c1nc(N)c(F)c(-c2cn(Cc3ccn(C(C)C(C)(C)O)n3)nn2)n1. The van der Waals surface area contributed by atoms with Crippen LogP contribution in [-0.4, -0.2) is 45.4 Å². The fourth-order valence-corrected chi connectivity index (χ4v) is 3.40. The molecule has 1 aromatic carbocycles. The molecule has 0 aliphatic heterocycles. The van der Waals surface area contributed by atoms with Crippen molar-refractivity contribution in [2.45, 2.75) is 45.9 Å². The van der Waals surface area contributed by atoms with Crippen LogP contribution in [0.3, 0.4) is 0 Å². The van der Waals surface area contributed by atoms with Gasteiger partial charge in [0.05, 0.1) is 41.7 Å². The van der Waals surface area contributed by atoms with Crippen molar-refractivity contribution >= 4 is 5.82 Å². The topological polar surface area (TPSA) is 144 Å². The first kappa shape index (κ1) is 23.0. The third-order valence-electron chi connectivity index (χ3n) is 5.76. The van der Waals surface area contributed by atoms with Crippen molar-refractivity contribution in [2.75, 3.05) is 5.73 Å². The number of anilines is 1. The number of nitrogens with zero attached hydrogens (tertiary/aromatic N) is 8. The van der Waals surface area contributed by atoms with E-state index in [-0.39, 0.29) is 35.6 Å². The van der Waals surface area contributed by atoms with Gasteiger partial charge >= 0.3 is 0 Å². The number of hydrogen-bond acceptors (Lipinski definition) is 8. The van der Waals surface area contributed by atoms with Crippen LogP contribution >= 0.6 is 0 Å². The normalized spacial score (nSPS) is 12.5. The van der Waals surface area contributed by atoms with Gasteiger partial charge in [0.25, 0.3) is 0 Å². The van der Waals surface area contributed by atoms with Crippen LogP contribution in [0.25, 0.3) is 22.8 Å². The molecule has 0 aliphatic rings. The summed E-state index contributed by atoms with van der Waals surface area (Å²) in [5.41, 5.74) is 7.41. The van der Waals surface area contributed by atoms with E-state index in [1.165, 1.54) is 4.68 Å². The summed E-state index contributed by atoms with van der Waals surface area (Å²) in [5, 5.41) is 32.1. The highest BCUT2D eigenvalue weighted by molar-refractivity contribution is 5.69. The molecule has 10 nitrogen and oxygen atoms in total. The Morgan fingerprint density at radius 2 is 2.03 bits per heavy atom. The lowest BCUT2D eigenvalue weighted by atomic mass is 10.0. The highest BCUT2D eigenvalue weighted by Gasteiger charge is 2.25. The van der Waals surface area contributed by atoms with E-state index < -0.39 is 11.4 Å². The van der Waals surface area contributed by atoms with Gasteiger partial charge in [0.1, 0.15) is 11.4 Å². The molecule has 0 bridgehead atoms. The van der Waals surface area contributed by atoms with Crippen molar-refractivity contribution in [3.63, 3.8) is 0 Å². The van der Waals surface area contributed by atoms with Crippen LogP contribution in [0.2, 0.25) is 0 Å². The smallest absolute Gasteiger partial charge is 0.193 e. The number of halogens is 1. The summed E-state index contributed by atoms with van der Waals surface area (Å²) in [6, 6.07) is 8.83. The van der Waals surface area contributed by atoms with Gasteiger partial charge in [0.15, 0.2) is 17.5 Å². The van der Waals surface area contributed by atoms with Gasteiger partial charge in [0.2, 0.25) is 0 Å². The maximum Gasteiger partial charge on any atom is 0.193 e. The van der Waals surface area contributed by atoms with Gasteiger partial charge in [0, 0.05) is 11.8 Å². The number of hydrogen-bond donors (Lipinski definition) is 2. The highest BCUT2D eigenvalue weighted by Crippen LogP contribution is 2.28. The number of nitriles is 1. The zero-order chi connectivity index (χ0) is 24.6. The van der Waals surface area contributed by atoms with Gasteiger partial charge in [-0.15, -0.1) is 5.10 Å². The molecular weight excluding hydrogens is 437 g/mol. The Kier molecular flexibility index (Phi) is 5.85. The fourth-order valence-electron chi connectivity index (χ4n) is 3.40. The summed E-state index contributed by atoms with van der Waals surface area (Å²) < 4.78 is 18.0. The van der Waals surface area contributed by atoms with Crippen molar-refractivity contribution in [2.24, 2.45) is 0 Å². The monoisotopic (exact) mass is 461 g/mol. The van der Waals surface area contributed by atoms with Crippen LogP contribution in [0.5, 0.6) is 0 Å². The molecule has 0 aliphatic carbocycles. The summed E-state index contributed by atoms with van der Waals surface area (Å²) >= 11 is 0. The number of nitrogens with two attached hydrogens (primary N) is 1. The van der Waals surface area contributed by atoms with E-state index in [0.29, 0.717) is 22.4 Å². The lowest BCUT2D eigenvalue weighted by Crippen LogP contribution is -2.31. The van der Waals surface area contributed by atoms with E-state index in [2.05, 4.69) is 31.4 Å². The second kappa shape index (κ2) is 8.64. The molecule has 3 heterocycles. The molecular formula is C23H24FN9O. The van der Waals surface area contributed by atoms with Gasteiger partial charge in [-0.25, -0.2) is 19.0 Å². The van der Waals surface area contributed by atoms with Crippen molar-refractivity contribution in [1.29, 1.82) is 5.26 Å². The van der Waals surface area contributed by atoms with Gasteiger partial charge in [-0.05, 0) is 45.4 Å². The quantitative estimate of drug-likeness (QED) is 0.446. The molecule has 3 N–H and O–H groups in total. The largest absolute Gasteiger partial charge is 0.388 e. The van der Waals surface area contributed by atoms with Gasteiger partial charge < -0.3 is 10.8 Å². The van der Waals surface area contributed by atoms with Crippen LogP contribution in [-0.2, 0) is 6.54 Å². The Balaban J connectivity index is 1.64. The molecule has 0 spiro atoms. The van der Waals surface area contributed by atoms with Crippen molar-refractivity contribution in [1.82, 2.24) is 34.7 Å². The second-order valence-electron chi connectivity index (χ2n) is 8.60. The first-order valence-electron chi connectivity index (χ1n) is 10.6. The number of nitrogen functional groups attached to an aromatic ring is 1. The first-order chi connectivity index (χ1) is 16.1. The average Bonchev–Trinajstić information content (AvgIpc) is 3.44. The van der Waals surface area contributed by atoms with Gasteiger partial charge in [-0.1, -0.05) is 17.3 Å². The van der Waals surface area contributed by atoms with E-state index in [9.17, 15) is 14.8 Å². The molecule has 3 aromatic heterocycles. The Morgan fingerprint density at radius 1 is 1.26 bits per heavy atom. The summed E-state index contributed by atoms with van der Waals surface area (Å²) in [4.78, 5) is 8.42. The zero-order valence-corrected chi connectivity index (χ0v) is 19.2. The third kappa shape index (κ3) is 4.35. The Labute approximate surface area is 195 Å². The summed E-state index contributed by atoms with van der Waals surface area (Å²) in [5.74, 6) is -0.929. The van der Waals surface area contributed by atoms with E-state index in [0.717, 1.165) is 0 Å². The summed E-state index contributed by atoms with van der Waals surface area (Å²) in [7, 11) is 0. The van der Waals surface area contributed by atoms with Crippen LogP contribution in [0.15, 0.2) is 36.7 Å². The van der Waals surface area contributed by atoms with E-state index in [1.54, 1.807) is 56.0 Å². The zero-order valence-electron chi connectivity index (χ0n) is 19.2. The highest BCUT2D eigenvalue weighted by atomic mass is 19.1. The van der Waals surface area contributed by atoms with Crippen LogP contribution in [0.4, 0.5) is 10.2 Å². The number of aliphatic hydroxyl groups is 1. The predicted molar refractivity (Wildman–Crippen MR) is 123 cm³/mol. The van der Waals surface area contributed by atoms with Gasteiger partial charge in [-0.2, -0.15) is 10.4 Å². The minimum absolute atomic E-state index is 0.0864. The molecule has 0 saturated carbocycles. The minimum atomic E-state index is -0.934. The summed E-state index contributed by atoms with van der Waals surface area (Å²) in [6.45, 7) is 7.37. The molecule has 4 aromatic rings. The molecule has 34 heavy (non-hydrogen) atoms.